The highest BCUT2D eigenvalue weighted by molar-refractivity contribution is 6.31. The molecule has 1 atom stereocenters. The molecule has 0 spiro atoms. The first kappa shape index (κ1) is 19.5. The molecule has 2 amide bonds. The molecule has 0 heterocycles. The summed E-state index contributed by atoms with van der Waals surface area (Å²) in [7, 11) is 1.29. The van der Waals surface area contributed by atoms with Crippen molar-refractivity contribution in [1.29, 1.82) is 0 Å². The molecule has 0 aromatic heterocycles. The molecule has 2 rings (SSSR count). The van der Waals surface area contributed by atoms with Gasteiger partial charge in [0.15, 0.2) is 0 Å². The normalized spacial score (nSPS) is 11.3. The Bertz CT molecular complexity index is 823. The van der Waals surface area contributed by atoms with Crippen LogP contribution < -0.4 is 10.6 Å². The average Bonchev–Trinajstić information content (AvgIpc) is 2.60. The summed E-state index contributed by atoms with van der Waals surface area (Å²) in [5.41, 5.74) is 1.44. The lowest BCUT2D eigenvalue weighted by molar-refractivity contribution is -0.120. The Kier molecular flexibility index (Phi) is 6.74. The highest BCUT2D eigenvalue weighted by atomic mass is 35.5. The standard InChI is InChI=1S/C19H19ClN2O4/c1-12(23)21-17(15-8-3-4-9-16(15)20)11-18(24)22-14-7-5-6-13(10-14)19(25)26-2/h3-10,17H,11H2,1-2H3,(H,21,23)(H,22,24)/t17-/m0/s1. The van der Waals surface area contributed by atoms with E-state index in [4.69, 9.17) is 11.6 Å². The van der Waals surface area contributed by atoms with Crippen molar-refractivity contribution in [2.45, 2.75) is 19.4 Å². The second-order valence-electron chi connectivity index (χ2n) is 5.60. The Morgan fingerprint density at radius 3 is 2.50 bits per heavy atom. The Morgan fingerprint density at radius 1 is 1.12 bits per heavy atom. The van der Waals surface area contributed by atoms with Crippen LogP contribution in [-0.4, -0.2) is 24.9 Å². The van der Waals surface area contributed by atoms with Gasteiger partial charge in [0.1, 0.15) is 0 Å². The minimum atomic E-state index is -0.565. The number of hydrogen-bond donors (Lipinski definition) is 2. The van der Waals surface area contributed by atoms with Gasteiger partial charge in [0.05, 0.1) is 25.1 Å². The monoisotopic (exact) mass is 374 g/mol. The largest absolute Gasteiger partial charge is 0.465 e. The molecule has 2 aromatic carbocycles. The third-order valence-corrected chi connectivity index (χ3v) is 3.96. The number of halogens is 1. The summed E-state index contributed by atoms with van der Waals surface area (Å²) in [6.45, 7) is 1.38. The first-order chi connectivity index (χ1) is 12.4. The van der Waals surface area contributed by atoms with Crippen LogP contribution in [0.2, 0.25) is 5.02 Å². The van der Waals surface area contributed by atoms with E-state index in [0.29, 0.717) is 21.8 Å². The van der Waals surface area contributed by atoms with E-state index in [1.165, 1.54) is 20.1 Å². The van der Waals surface area contributed by atoms with E-state index in [1.807, 2.05) is 0 Å². The highest BCUT2D eigenvalue weighted by Crippen LogP contribution is 2.25. The number of amides is 2. The Hall–Kier alpha value is -2.86. The minimum absolute atomic E-state index is 0.00817. The summed E-state index contributed by atoms with van der Waals surface area (Å²) < 4.78 is 4.66. The van der Waals surface area contributed by atoms with E-state index in [0.717, 1.165) is 0 Å². The number of esters is 1. The van der Waals surface area contributed by atoms with Gasteiger partial charge in [0.2, 0.25) is 11.8 Å². The maximum atomic E-state index is 12.4. The van der Waals surface area contributed by atoms with Gasteiger partial charge in [-0.05, 0) is 29.8 Å². The van der Waals surface area contributed by atoms with Crippen molar-refractivity contribution in [3.63, 3.8) is 0 Å². The smallest absolute Gasteiger partial charge is 0.337 e. The van der Waals surface area contributed by atoms with Crippen LogP contribution in [0.25, 0.3) is 0 Å². The molecule has 0 aliphatic carbocycles. The van der Waals surface area contributed by atoms with Gasteiger partial charge in [-0.2, -0.15) is 0 Å². The molecule has 2 aromatic rings. The maximum Gasteiger partial charge on any atom is 0.337 e. The van der Waals surface area contributed by atoms with Crippen LogP contribution in [0.15, 0.2) is 48.5 Å². The first-order valence-corrected chi connectivity index (χ1v) is 8.28. The number of nitrogens with one attached hydrogen (secondary N) is 2. The van der Waals surface area contributed by atoms with Gasteiger partial charge < -0.3 is 15.4 Å². The summed E-state index contributed by atoms with van der Waals surface area (Å²) in [5.74, 6) is -1.09. The molecule has 2 N–H and O–H groups in total. The molecule has 6 nitrogen and oxygen atoms in total. The van der Waals surface area contributed by atoms with Crippen molar-refractivity contribution in [1.82, 2.24) is 5.32 Å². The van der Waals surface area contributed by atoms with Crippen LogP contribution >= 0.6 is 11.6 Å². The molecule has 0 fully saturated rings. The second kappa shape index (κ2) is 9.01. The van der Waals surface area contributed by atoms with Crippen molar-refractivity contribution < 1.29 is 19.1 Å². The van der Waals surface area contributed by atoms with Gasteiger partial charge in [0.25, 0.3) is 0 Å². The van der Waals surface area contributed by atoms with E-state index in [-0.39, 0.29) is 18.2 Å². The predicted molar refractivity (Wildman–Crippen MR) is 99.0 cm³/mol. The van der Waals surface area contributed by atoms with Gasteiger partial charge in [-0.25, -0.2) is 4.79 Å². The fourth-order valence-electron chi connectivity index (χ4n) is 2.48. The topological polar surface area (TPSA) is 84.5 Å². The molecular weight excluding hydrogens is 356 g/mol. The molecule has 0 saturated heterocycles. The number of ether oxygens (including phenoxy) is 1. The molecule has 0 aliphatic heterocycles. The van der Waals surface area contributed by atoms with Gasteiger partial charge >= 0.3 is 5.97 Å². The number of carbonyl (C=O) groups is 3. The van der Waals surface area contributed by atoms with Gasteiger partial charge in [0, 0.05) is 17.6 Å². The number of carbonyl (C=O) groups excluding carboxylic acids is 3. The zero-order valence-electron chi connectivity index (χ0n) is 14.4. The lowest BCUT2D eigenvalue weighted by Gasteiger charge is -2.19. The summed E-state index contributed by atoms with van der Waals surface area (Å²) in [5, 5.41) is 5.91. The lowest BCUT2D eigenvalue weighted by Crippen LogP contribution is -2.30. The quantitative estimate of drug-likeness (QED) is 0.759. The van der Waals surface area contributed by atoms with Crippen molar-refractivity contribution in [2.75, 3.05) is 12.4 Å². The maximum absolute atomic E-state index is 12.4. The summed E-state index contributed by atoms with van der Waals surface area (Å²) in [6, 6.07) is 12.9. The van der Waals surface area contributed by atoms with Crippen molar-refractivity contribution in [3.05, 3.63) is 64.7 Å². The van der Waals surface area contributed by atoms with Crippen LogP contribution in [0, 0.1) is 0 Å². The van der Waals surface area contributed by atoms with Crippen molar-refractivity contribution in [3.8, 4) is 0 Å². The van der Waals surface area contributed by atoms with E-state index in [1.54, 1.807) is 42.5 Å². The van der Waals surface area contributed by atoms with Crippen LogP contribution in [-0.2, 0) is 14.3 Å². The van der Waals surface area contributed by atoms with Crippen molar-refractivity contribution in [2.24, 2.45) is 0 Å². The average molecular weight is 375 g/mol. The van der Waals surface area contributed by atoms with Crippen LogP contribution in [0.4, 0.5) is 5.69 Å². The highest BCUT2D eigenvalue weighted by Gasteiger charge is 2.19. The molecule has 136 valence electrons. The third kappa shape index (κ3) is 5.32. The van der Waals surface area contributed by atoms with E-state index in [2.05, 4.69) is 15.4 Å². The molecule has 0 saturated carbocycles. The third-order valence-electron chi connectivity index (χ3n) is 3.62. The molecule has 26 heavy (non-hydrogen) atoms. The van der Waals surface area contributed by atoms with Gasteiger partial charge in [-0.1, -0.05) is 35.9 Å². The number of anilines is 1. The lowest BCUT2D eigenvalue weighted by atomic mass is 10.0. The zero-order valence-corrected chi connectivity index (χ0v) is 15.2. The summed E-state index contributed by atoms with van der Waals surface area (Å²) in [6.07, 6.45) is -0.00817. The first-order valence-electron chi connectivity index (χ1n) is 7.90. The van der Waals surface area contributed by atoms with Gasteiger partial charge in [-0.15, -0.1) is 0 Å². The summed E-state index contributed by atoms with van der Waals surface area (Å²) >= 11 is 6.18. The van der Waals surface area contributed by atoms with Crippen LogP contribution in [0.3, 0.4) is 0 Å². The Labute approximate surface area is 156 Å². The fourth-order valence-corrected chi connectivity index (χ4v) is 2.75. The number of methoxy groups -OCH3 is 1. The predicted octanol–water partition coefficient (Wildman–Crippen LogP) is 3.33. The molecule has 0 aliphatic rings. The van der Waals surface area contributed by atoms with E-state index in [9.17, 15) is 14.4 Å². The molecule has 0 unspecified atom stereocenters. The van der Waals surface area contributed by atoms with Gasteiger partial charge in [-0.3, -0.25) is 9.59 Å². The van der Waals surface area contributed by atoms with Crippen molar-refractivity contribution >= 4 is 35.1 Å². The van der Waals surface area contributed by atoms with E-state index >= 15 is 0 Å². The number of benzene rings is 2. The minimum Gasteiger partial charge on any atom is -0.465 e. The second-order valence-corrected chi connectivity index (χ2v) is 6.01. The number of hydrogen-bond acceptors (Lipinski definition) is 4. The summed E-state index contributed by atoms with van der Waals surface area (Å²) in [4.78, 5) is 35.5. The Balaban J connectivity index is 2.14. The molecule has 0 radical (unpaired) electrons. The van der Waals surface area contributed by atoms with Crippen LogP contribution in [0.5, 0.6) is 0 Å². The van der Waals surface area contributed by atoms with Crippen LogP contribution in [0.1, 0.15) is 35.3 Å². The van der Waals surface area contributed by atoms with E-state index < -0.39 is 12.0 Å². The SMILES string of the molecule is COC(=O)c1cccc(NC(=O)C[C@H](NC(C)=O)c2ccccc2Cl)c1. The molecule has 0 bridgehead atoms. The zero-order chi connectivity index (χ0) is 19.1. The fraction of sp³-hybridized carbons (Fsp3) is 0.211. The Morgan fingerprint density at radius 2 is 1.85 bits per heavy atom. The molecule has 7 heteroatoms. The molecular formula is C19H19ClN2O4. The number of rotatable bonds is 6.